The van der Waals surface area contributed by atoms with Gasteiger partial charge in [-0.1, -0.05) is 15.9 Å². The molecule has 0 saturated carbocycles. The first kappa shape index (κ1) is 11.1. The summed E-state index contributed by atoms with van der Waals surface area (Å²) in [7, 11) is 0. The van der Waals surface area contributed by atoms with Gasteiger partial charge in [0.25, 0.3) is 5.69 Å². The van der Waals surface area contributed by atoms with Gasteiger partial charge in [0.1, 0.15) is 0 Å². The molecule has 0 unspecified atom stereocenters. The Bertz CT molecular complexity index is 522. The molecule has 2 aromatic rings. The lowest BCUT2D eigenvalue weighted by Crippen LogP contribution is -1.96. The first-order valence-corrected chi connectivity index (χ1v) is 6.14. The average Bonchev–Trinajstić information content (AvgIpc) is 2.68. The molecule has 0 N–H and O–H groups in total. The van der Waals surface area contributed by atoms with Gasteiger partial charge in [-0.25, -0.2) is 0 Å². The third-order valence-corrected chi connectivity index (χ3v) is 3.06. The first-order valence-electron chi connectivity index (χ1n) is 5.01. The Kier molecular flexibility index (Phi) is 3.24. The van der Waals surface area contributed by atoms with Gasteiger partial charge in [0.05, 0.1) is 4.92 Å². The molecule has 1 aromatic heterocycles. The number of rotatable bonds is 4. The van der Waals surface area contributed by atoms with Crippen LogP contribution in [0, 0.1) is 10.1 Å². The van der Waals surface area contributed by atoms with E-state index in [1.165, 1.54) is 0 Å². The van der Waals surface area contributed by atoms with Gasteiger partial charge in [0.15, 0.2) is 0 Å². The lowest BCUT2D eigenvalue weighted by Gasteiger charge is -2.02. The fraction of sp³-hybridized carbons (Fsp3) is 0.273. The van der Waals surface area contributed by atoms with Crippen LogP contribution in [-0.2, 0) is 6.54 Å². The van der Waals surface area contributed by atoms with Crippen LogP contribution in [0.5, 0.6) is 0 Å². The van der Waals surface area contributed by atoms with E-state index in [0.717, 1.165) is 29.2 Å². The largest absolute Gasteiger partial charge is 0.347 e. The van der Waals surface area contributed by atoms with Crippen molar-refractivity contribution in [2.75, 3.05) is 5.33 Å². The minimum atomic E-state index is -0.366. The predicted molar refractivity (Wildman–Crippen MR) is 67.0 cm³/mol. The van der Waals surface area contributed by atoms with Gasteiger partial charge in [-0.05, 0) is 18.6 Å². The van der Waals surface area contributed by atoms with Crippen molar-refractivity contribution in [2.24, 2.45) is 0 Å². The molecule has 0 aliphatic rings. The van der Waals surface area contributed by atoms with Crippen LogP contribution in [0.4, 0.5) is 5.69 Å². The maximum absolute atomic E-state index is 10.6. The van der Waals surface area contributed by atoms with Gasteiger partial charge in [-0.15, -0.1) is 0 Å². The Balaban J connectivity index is 2.38. The SMILES string of the molecule is O=[N+]([O-])c1ccc2c(ccn2CCCBr)c1. The van der Waals surface area contributed by atoms with Crippen molar-refractivity contribution in [3.8, 4) is 0 Å². The van der Waals surface area contributed by atoms with Crippen molar-refractivity contribution >= 4 is 32.5 Å². The second kappa shape index (κ2) is 4.65. The molecular weight excluding hydrogens is 272 g/mol. The highest BCUT2D eigenvalue weighted by atomic mass is 79.9. The molecule has 0 aliphatic heterocycles. The van der Waals surface area contributed by atoms with Crippen LogP contribution in [0.1, 0.15) is 6.42 Å². The summed E-state index contributed by atoms with van der Waals surface area (Å²) in [6.07, 6.45) is 3.01. The lowest BCUT2D eigenvalue weighted by molar-refractivity contribution is -0.384. The lowest BCUT2D eigenvalue weighted by atomic mass is 10.2. The van der Waals surface area contributed by atoms with E-state index in [4.69, 9.17) is 0 Å². The number of aryl methyl sites for hydroxylation is 1. The highest BCUT2D eigenvalue weighted by molar-refractivity contribution is 9.09. The summed E-state index contributed by atoms with van der Waals surface area (Å²) in [5.41, 5.74) is 1.19. The molecule has 1 heterocycles. The van der Waals surface area contributed by atoms with Crippen molar-refractivity contribution in [3.05, 3.63) is 40.6 Å². The van der Waals surface area contributed by atoms with Crippen molar-refractivity contribution in [3.63, 3.8) is 0 Å². The molecule has 84 valence electrons. The normalized spacial score (nSPS) is 10.8. The molecule has 0 atom stereocenters. The van der Waals surface area contributed by atoms with Crippen LogP contribution < -0.4 is 0 Å². The van der Waals surface area contributed by atoms with E-state index in [1.54, 1.807) is 12.1 Å². The number of alkyl halides is 1. The molecule has 0 spiro atoms. The molecule has 0 aliphatic carbocycles. The Morgan fingerprint density at radius 3 is 2.88 bits per heavy atom. The number of non-ortho nitro benzene ring substituents is 1. The predicted octanol–water partition coefficient (Wildman–Crippen LogP) is 3.33. The Labute approximate surface area is 101 Å². The van der Waals surface area contributed by atoms with Crippen LogP contribution >= 0.6 is 15.9 Å². The van der Waals surface area contributed by atoms with Crippen molar-refractivity contribution in [1.82, 2.24) is 4.57 Å². The summed E-state index contributed by atoms with van der Waals surface area (Å²) in [5.74, 6) is 0. The number of aromatic nitrogens is 1. The monoisotopic (exact) mass is 282 g/mol. The molecule has 2 rings (SSSR count). The third kappa shape index (κ3) is 2.09. The molecule has 0 saturated heterocycles. The first-order chi connectivity index (χ1) is 7.72. The number of benzene rings is 1. The van der Waals surface area contributed by atoms with Gasteiger partial charge in [0, 0.05) is 41.1 Å². The fourth-order valence-electron chi connectivity index (χ4n) is 1.73. The van der Waals surface area contributed by atoms with E-state index in [1.807, 2.05) is 18.3 Å². The number of nitro groups is 1. The molecule has 16 heavy (non-hydrogen) atoms. The van der Waals surface area contributed by atoms with E-state index in [-0.39, 0.29) is 10.6 Å². The molecule has 0 radical (unpaired) electrons. The Morgan fingerprint density at radius 2 is 2.19 bits per heavy atom. The molecule has 0 fully saturated rings. The van der Waals surface area contributed by atoms with Crippen LogP contribution in [-0.4, -0.2) is 14.8 Å². The minimum absolute atomic E-state index is 0.144. The smallest absolute Gasteiger partial charge is 0.270 e. The number of hydrogen-bond donors (Lipinski definition) is 0. The highest BCUT2D eigenvalue weighted by Gasteiger charge is 2.08. The van der Waals surface area contributed by atoms with Crippen LogP contribution in [0.25, 0.3) is 10.9 Å². The fourth-order valence-corrected chi connectivity index (χ4v) is 1.98. The van der Waals surface area contributed by atoms with E-state index in [0.29, 0.717) is 0 Å². The summed E-state index contributed by atoms with van der Waals surface area (Å²) in [4.78, 5) is 10.3. The van der Waals surface area contributed by atoms with E-state index >= 15 is 0 Å². The van der Waals surface area contributed by atoms with Gasteiger partial charge in [-0.3, -0.25) is 10.1 Å². The summed E-state index contributed by atoms with van der Waals surface area (Å²) < 4.78 is 2.11. The van der Waals surface area contributed by atoms with E-state index in [9.17, 15) is 10.1 Å². The second-order valence-electron chi connectivity index (χ2n) is 3.55. The van der Waals surface area contributed by atoms with Gasteiger partial charge in [0.2, 0.25) is 0 Å². The van der Waals surface area contributed by atoms with Gasteiger partial charge >= 0.3 is 0 Å². The Hall–Kier alpha value is -1.36. The van der Waals surface area contributed by atoms with Crippen LogP contribution in [0.3, 0.4) is 0 Å². The number of nitro benzene ring substituents is 1. The third-order valence-electron chi connectivity index (χ3n) is 2.50. The molecule has 0 bridgehead atoms. The molecule has 5 heteroatoms. The van der Waals surface area contributed by atoms with E-state index in [2.05, 4.69) is 20.5 Å². The topological polar surface area (TPSA) is 48.1 Å². The maximum Gasteiger partial charge on any atom is 0.270 e. The molecule has 4 nitrogen and oxygen atoms in total. The quantitative estimate of drug-likeness (QED) is 0.491. The summed E-state index contributed by atoms with van der Waals surface area (Å²) in [6, 6.07) is 6.88. The highest BCUT2D eigenvalue weighted by Crippen LogP contribution is 2.22. The molecule has 1 aromatic carbocycles. The maximum atomic E-state index is 10.6. The average molecular weight is 283 g/mol. The van der Waals surface area contributed by atoms with Gasteiger partial charge in [-0.2, -0.15) is 0 Å². The van der Waals surface area contributed by atoms with Crippen LogP contribution in [0.2, 0.25) is 0 Å². The number of fused-ring (bicyclic) bond motifs is 1. The van der Waals surface area contributed by atoms with Crippen LogP contribution in [0.15, 0.2) is 30.5 Å². The molecule has 0 amide bonds. The number of halogens is 1. The number of hydrogen-bond acceptors (Lipinski definition) is 2. The Morgan fingerprint density at radius 1 is 1.38 bits per heavy atom. The van der Waals surface area contributed by atoms with Gasteiger partial charge < -0.3 is 4.57 Å². The zero-order valence-corrected chi connectivity index (χ0v) is 10.2. The minimum Gasteiger partial charge on any atom is -0.347 e. The van der Waals surface area contributed by atoms with E-state index < -0.39 is 0 Å². The summed E-state index contributed by atoms with van der Waals surface area (Å²) in [6.45, 7) is 0.923. The standard InChI is InChI=1S/C11H11BrN2O2/c12-5-1-6-13-7-4-9-8-10(14(15)16)2-3-11(9)13/h2-4,7-8H,1,5-6H2. The molecular formula is C11H11BrN2O2. The summed E-state index contributed by atoms with van der Waals surface area (Å²) in [5, 5.41) is 12.5. The van der Waals surface area contributed by atoms with Crippen molar-refractivity contribution < 1.29 is 4.92 Å². The van der Waals surface area contributed by atoms with Crippen molar-refractivity contribution in [1.29, 1.82) is 0 Å². The summed E-state index contributed by atoms with van der Waals surface area (Å²) >= 11 is 3.39. The second-order valence-corrected chi connectivity index (χ2v) is 4.34. The number of nitrogens with zero attached hydrogens (tertiary/aromatic N) is 2. The van der Waals surface area contributed by atoms with Crippen molar-refractivity contribution in [2.45, 2.75) is 13.0 Å². The zero-order chi connectivity index (χ0) is 11.5. The zero-order valence-electron chi connectivity index (χ0n) is 8.60.